The number of furan rings is 1. The van der Waals surface area contributed by atoms with Crippen LogP contribution in [0.4, 0.5) is 5.88 Å². The van der Waals surface area contributed by atoms with E-state index in [4.69, 9.17) is 4.42 Å². The quantitative estimate of drug-likeness (QED) is 0.469. The number of amides is 1. The van der Waals surface area contributed by atoms with Crippen LogP contribution in [0.2, 0.25) is 0 Å². The molecule has 1 amide bonds. The van der Waals surface area contributed by atoms with Gasteiger partial charge in [0.05, 0.1) is 25.4 Å². The molecule has 0 aromatic carbocycles. The number of nitrogens with one attached hydrogen (secondary N) is 2. The lowest BCUT2D eigenvalue weighted by atomic mass is 10.1. The van der Waals surface area contributed by atoms with Gasteiger partial charge in [-0.1, -0.05) is 6.42 Å². The van der Waals surface area contributed by atoms with Crippen molar-refractivity contribution in [2.45, 2.75) is 32.1 Å². The number of quaternary nitrogens is 1. The fourth-order valence-corrected chi connectivity index (χ4v) is 2.53. The van der Waals surface area contributed by atoms with E-state index < -0.39 is 4.92 Å². The average Bonchev–Trinajstić information content (AvgIpc) is 2.91. The molecule has 0 saturated carbocycles. The lowest BCUT2D eigenvalue weighted by molar-refractivity contribution is -0.893. The minimum atomic E-state index is -0.624. The normalized spacial score (nSPS) is 17.1. The molecule has 8 heteroatoms. The van der Waals surface area contributed by atoms with E-state index in [1.54, 1.807) is 0 Å². The zero-order chi connectivity index (χ0) is 15.8. The molecule has 0 atom stereocenters. The summed E-state index contributed by atoms with van der Waals surface area (Å²) in [6.45, 7) is 2.43. The third kappa shape index (κ3) is 5.28. The first-order chi connectivity index (χ1) is 10.6. The fraction of sp³-hybridized carbons (Fsp3) is 0.571. The average molecular weight is 309 g/mol. The zero-order valence-electron chi connectivity index (χ0n) is 12.4. The van der Waals surface area contributed by atoms with Gasteiger partial charge < -0.3 is 9.32 Å². The molecule has 2 rings (SSSR count). The van der Waals surface area contributed by atoms with E-state index in [0.29, 0.717) is 6.54 Å². The van der Waals surface area contributed by atoms with Gasteiger partial charge in [0.15, 0.2) is 12.3 Å². The van der Waals surface area contributed by atoms with E-state index in [9.17, 15) is 14.9 Å². The standard InChI is InChI=1S/C14H20N4O4/c19-13(11-17-8-4-2-1-3-5-9-17)16-15-10-12-6-7-14(22-12)18(20)21/h6-7,10H,1-5,8-9,11H2,(H,16,19)/p+1/b15-10-. The highest BCUT2D eigenvalue weighted by molar-refractivity contribution is 5.80. The molecule has 0 unspecified atom stereocenters. The summed E-state index contributed by atoms with van der Waals surface area (Å²) in [6, 6.07) is 2.67. The molecule has 2 heterocycles. The molecule has 1 aromatic rings. The Balaban J connectivity index is 1.76. The number of hydrogen-bond donors (Lipinski definition) is 2. The second-order valence-electron chi connectivity index (χ2n) is 5.42. The molecule has 0 radical (unpaired) electrons. The summed E-state index contributed by atoms with van der Waals surface area (Å²) in [5.74, 6) is -0.281. The van der Waals surface area contributed by atoms with Crippen LogP contribution in [-0.2, 0) is 4.79 Å². The van der Waals surface area contributed by atoms with Crippen molar-refractivity contribution in [2.75, 3.05) is 19.6 Å². The van der Waals surface area contributed by atoms with Crippen molar-refractivity contribution in [3.05, 3.63) is 28.0 Å². The topological polar surface area (TPSA) is 102 Å². The smallest absolute Gasteiger partial charge is 0.400 e. The monoisotopic (exact) mass is 309 g/mol. The predicted octanol–water partition coefficient (Wildman–Crippen LogP) is 0.487. The molecule has 0 spiro atoms. The van der Waals surface area contributed by atoms with Crippen molar-refractivity contribution >= 4 is 18.0 Å². The molecular formula is C14H21N4O4+. The Kier molecular flexibility index (Phi) is 6.08. The third-order valence-corrected chi connectivity index (χ3v) is 3.64. The number of rotatable bonds is 5. The van der Waals surface area contributed by atoms with E-state index >= 15 is 0 Å². The van der Waals surface area contributed by atoms with Gasteiger partial charge in [-0.15, -0.1) is 0 Å². The van der Waals surface area contributed by atoms with Crippen LogP contribution in [0.15, 0.2) is 21.7 Å². The Morgan fingerprint density at radius 2 is 2.00 bits per heavy atom. The molecule has 0 aliphatic carbocycles. The van der Waals surface area contributed by atoms with Gasteiger partial charge >= 0.3 is 5.88 Å². The first kappa shape index (κ1) is 16.2. The molecule has 1 aromatic heterocycles. The number of hydrogen-bond acceptors (Lipinski definition) is 5. The Bertz CT molecular complexity index is 533. The van der Waals surface area contributed by atoms with Crippen LogP contribution in [0, 0.1) is 10.1 Å². The zero-order valence-corrected chi connectivity index (χ0v) is 12.4. The van der Waals surface area contributed by atoms with E-state index in [1.165, 1.54) is 42.5 Å². The van der Waals surface area contributed by atoms with Crippen LogP contribution in [-0.4, -0.2) is 36.7 Å². The lowest BCUT2D eigenvalue weighted by Gasteiger charge is -2.20. The highest BCUT2D eigenvalue weighted by Crippen LogP contribution is 2.13. The van der Waals surface area contributed by atoms with Gasteiger partial charge in [0.1, 0.15) is 4.92 Å². The van der Waals surface area contributed by atoms with Crippen molar-refractivity contribution < 1.29 is 19.0 Å². The van der Waals surface area contributed by atoms with E-state index in [-0.39, 0.29) is 17.6 Å². The SMILES string of the molecule is O=C(C[NH+]1CCCCCCC1)N/N=C\c1ccc([N+](=O)[O-])o1. The summed E-state index contributed by atoms with van der Waals surface area (Å²) in [5, 5.41) is 14.2. The number of likely N-dealkylation sites (tertiary alicyclic amines) is 1. The number of carbonyl (C=O) groups is 1. The summed E-state index contributed by atoms with van der Waals surface area (Å²) >= 11 is 0. The van der Waals surface area contributed by atoms with Gasteiger partial charge in [-0.05, 0) is 31.7 Å². The van der Waals surface area contributed by atoms with Crippen molar-refractivity contribution in [3.8, 4) is 0 Å². The maximum atomic E-state index is 11.8. The molecule has 1 aliphatic heterocycles. The van der Waals surface area contributed by atoms with Crippen molar-refractivity contribution in [1.29, 1.82) is 0 Å². The second-order valence-corrected chi connectivity index (χ2v) is 5.42. The largest absolute Gasteiger partial charge is 0.433 e. The van der Waals surface area contributed by atoms with E-state index in [0.717, 1.165) is 25.9 Å². The lowest BCUT2D eigenvalue weighted by Crippen LogP contribution is -3.13. The van der Waals surface area contributed by atoms with Gasteiger partial charge in [-0.25, -0.2) is 5.43 Å². The Morgan fingerprint density at radius 1 is 1.32 bits per heavy atom. The minimum Gasteiger partial charge on any atom is -0.400 e. The molecule has 22 heavy (non-hydrogen) atoms. The van der Waals surface area contributed by atoms with Gasteiger partial charge in [0.2, 0.25) is 0 Å². The van der Waals surface area contributed by atoms with Gasteiger partial charge in [0, 0.05) is 0 Å². The number of hydrazone groups is 1. The van der Waals surface area contributed by atoms with Crippen LogP contribution >= 0.6 is 0 Å². The molecular weight excluding hydrogens is 288 g/mol. The molecule has 1 aliphatic rings. The predicted molar refractivity (Wildman–Crippen MR) is 79.7 cm³/mol. The number of nitrogens with zero attached hydrogens (tertiary/aromatic N) is 2. The fourth-order valence-electron chi connectivity index (χ4n) is 2.53. The first-order valence-corrected chi connectivity index (χ1v) is 7.55. The molecule has 2 N–H and O–H groups in total. The van der Waals surface area contributed by atoms with Crippen LogP contribution in [0.5, 0.6) is 0 Å². The highest BCUT2D eigenvalue weighted by Gasteiger charge is 2.15. The van der Waals surface area contributed by atoms with Crippen molar-refractivity contribution in [3.63, 3.8) is 0 Å². The number of nitro groups is 1. The maximum Gasteiger partial charge on any atom is 0.433 e. The van der Waals surface area contributed by atoms with Crippen LogP contribution < -0.4 is 10.3 Å². The third-order valence-electron chi connectivity index (χ3n) is 3.64. The first-order valence-electron chi connectivity index (χ1n) is 7.55. The number of carbonyl (C=O) groups excluding carboxylic acids is 1. The van der Waals surface area contributed by atoms with E-state index in [2.05, 4.69) is 10.5 Å². The van der Waals surface area contributed by atoms with Crippen LogP contribution in [0.1, 0.15) is 37.9 Å². The molecule has 1 saturated heterocycles. The summed E-state index contributed by atoms with van der Waals surface area (Å²) in [6.07, 6.45) is 7.33. The Hall–Kier alpha value is -2.22. The second kappa shape index (κ2) is 8.28. The molecule has 8 nitrogen and oxygen atoms in total. The summed E-state index contributed by atoms with van der Waals surface area (Å²) in [7, 11) is 0. The Morgan fingerprint density at radius 3 is 2.64 bits per heavy atom. The Labute approximate surface area is 128 Å². The summed E-state index contributed by atoms with van der Waals surface area (Å²) in [5.41, 5.74) is 2.43. The maximum absolute atomic E-state index is 11.8. The van der Waals surface area contributed by atoms with Gasteiger partial charge in [-0.3, -0.25) is 14.9 Å². The minimum absolute atomic E-state index is 0.159. The molecule has 120 valence electrons. The highest BCUT2D eigenvalue weighted by atomic mass is 16.6. The van der Waals surface area contributed by atoms with Crippen LogP contribution in [0.3, 0.4) is 0 Å². The van der Waals surface area contributed by atoms with Crippen molar-refractivity contribution in [2.24, 2.45) is 5.10 Å². The van der Waals surface area contributed by atoms with Gasteiger partial charge in [0.25, 0.3) is 5.91 Å². The van der Waals surface area contributed by atoms with E-state index in [1.807, 2.05) is 0 Å². The molecule has 1 fully saturated rings. The summed E-state index contributed by atoms with van der Waals surface area (Å²) < 4.78 is 4.90. The van der Waals surface area contributed by atoms with Crippen molar-refractivity contribution in [1.82, 2.24) is 5.43 Å². The van der Waals surface area contributed by atoms with Gasteiger partial charge in [-0.2, -0.15) is 5.10 Å². The van der Waals surface area contributed by atoms with Crippen LogP contribution in [0.25, 0.3) is 0 Å². The molecule has 0 bridgehead atoms. The summed E-state index contributed by atoms with van der Waals surface area (Å²) in [4.78, 5) is 22.9.